The first kappa shape index (κ1) is 15.9. The molecule has 2 aromatic rings. The number of carbonyl (C=O) groups is 1. The summed E-state index contributed by atoms with van der Waals surface area (Å²) in [5.74, 6) is -0.977. The van der Waals surface area contributed by atoms with E-state index in [1.165, 1.54) is 12.1 Å². The van der Waals surface area contributed by atoms with Crippen LogP contribution in [0.4, 0.5) is 4.39 Å². The fourth-order valence-corrected chi connectivity index (χ4v) is 3.70. The molecule has 2 heterocycles. The molecule has 1 amide bonds. The Morgan fingerprint density at radius 3 is 2.78 bits per heavy atom. The van der Waals surface area contributed by atoms with E-state index in [4.69, 9.17) is 0 Å². The fraction of sp³-hybridized carbons (Fsp3) is 0.400. The molecule has 6 nitrogen and oxygen atoms in total. The number of hydrogen-bond acceptors (Lipinski definition) is 4. The largest absolute Gasteiger partial charge is 0.349 e. The van der Waals surface area contributed by atoms with Gasteiger partial charge in [0.1, 0.15) is 11.5 Å². The molecule has 0 spiro atoms. The number of amides is 1. The second-order valence-electron chi connectivity index (χ2n) is 5.84. The van der Waals surface area contributed by atoms with E-state index < -0.39 is 15.7 Å². The van der Waals surface area contributed by atoms with Crippen LogP contribution in [-0.4, -0.2) is 44.7 Å². The van der Waals surface area contributed by atoms with Gasteiger partial charge in [0.25, 0.3) is 5.91 Å². The zero-order chi connectivity index (χ0) is 16.6. The lowest BCUT2D eigenvalue weighted by Gasteiger charge is -2.23. The predicted molar refractivity (Wildman–Crippen MR) is 84.7 cm³/mol. The molecule has 0 aliphatic carbocycles. The first-order valence-electron chi connectivity index (χ1n) is 7.38. The average molecular weight is 339 g/mol. The number of fused-ring (bicyclic) bond motifs is 1. The molecule has 1 aliphatic rings. The van der Waals surface area contributed by atoms with Gasteiger partial charge in [-0.05, 0) is 37.6 Å². The van der Waals surface area contributed by atoms with Crippen molar-refractivity contribution in [3.8, 4) is 0 Å². The number of nitrogens with one attached hydrogen (secondary N) is 3. The molecule has 3 N–H and O–H groups in total. The van der Waals surface area contributed by atoms with Crippen LogP contribution in [0.1, 0.15) is 23.3 Å². The van der Waals surface area contributed by atoms with Gasteiger partial charge in [-0.1, -0.05) is 0 Å². The molecule has 0 radical (unpaired) electrons. The maximum Gasteiger partial charge on any atom is 0.267 e. The van der Waals surface area contributed by atoms with E-state index in [-0.39, 0.29) is 28.1 Å². The Bertz CT molecular complexity index is 854. The van der Waals surface area contributed by atoms with Crippen LogP contribution >= 0.6 is 0 Å². The van der Waals surface area contributed by atoms with Crippen LogP contribution in [0.25, 0.3) is 10.9 Å². The molecule has 124 valence electrons. The van der Waals surface area contributed by atoms with Crippen LogP contribution in [0.2, 0.25) is 0 Å². The Morgan fingerprint density at radius 2 is 2.13 bits per heavy atom. The quantitative estimate of drug-likeness (QED) is 0.783. The minimum atomic E-state index is -3.60. The Labute approximate surface area is 133 Å². The molecule has 8 heteroatoms. The normalized spacial score (nSPS) is 19.0. The Balaban J connectivity index is 1.95. The number of aromatic amines is 1. The summed E-state index contributed by atoms with van der Waals surface area (Å²) in [6.45, 7) is 1.64. The summed E-state index contributed by atoms with van der Waals surface area (Å²) in [5, 5.41) is 6.45. The molecule has 1 aliphatic heterocycles. The summed E-state index contributed by atoms with van der Waals surface area (Å²) in [6, 6.07) is 3.67. The third-order valence-corrected chi connectivity index (χ3v) is 5.05. The van der Waals surface area contributed by atoms with Crippen molar-refractivity contribution in [1.82, 2.24) is 15.6 Å². The van der Waals surface area contributed by atoms with Crippen molar-refractivity contribution in [3.63, 3.8) is 0 Å². The average Bonchev–Trinajstić information content (AvgIpc) is 2.90. The molecule has 1 atom stereocenters. The maximum atomic E-state index is 13.6. The van der Waals surface area contributed by atoms with E-state index in [0.717, 1.165) is 31.7 Å². The zero-order valence-corrected chi connectivity index (χ0v) is 13.5. The van der Waals surface area contributed by atoms with Crippen molar-refractivity contribution in [2.45, 2.75) is 23.8 Å². The second kappa shape index (κ2) is 5.93. The van der Waals surface area contributed by atoms with Crippen molar-refractivity contribution >= 4 is 26.6 Å². The fourth-order valence-electron chi connectivity index (χ4n) is 2.83. The summed E-state index contributed by atoms with van der Waals surface area (Å²) in [5.41, 5.74) is 0.474. The Kier molecular flexibility index (Phi) is 4.11. The summed E-state index contributed by atoms with van der Waals surface area (Å²) >= 11 is 0. The predicted octanol–water partition coefficient (Wildman–Crippen LogP) is 1.19. The van der Waals surface area contributed by atoms with Gasteiger partial charge >= 0.3 is 0 Å². The molecular formula is C15H18FN3O3S. The standard InChI is InChI=1S/C15H18FN3O3S/c1-23(21,22)13-7-10(16)5-9-6-12(19-14(9)13)15(20)18-11-3-2-4-17-8-11/h5-7,11,17,19H,2-4,8H2,1H3,(H,18,20). The van der Waals surface area contributed by atoms with Gasteiger partial charge in [-0.25, -0.2) is 12.8 Å². The van der Waals surface area contributed by atoms with E-state index in [2.05, 4.69) is 15.6 Å². The number of rotatable bonds is 3. The van der Waals surface area contributed by atoms with E-state index in [0.29, 0.717) is 11.9 Å². The van der Waals surface area contributed by atoms with E-state index in [1.807, 2.05) is 0 Å². The van der Waals surface area contributed by atoms with Gasteiger partial charge in [0, 0.05) is 24.2 Å². The lowest BCUT2D eigenvalue weighted by molar-refractivity contribution is 0.0926. The molecule has 1 fully saturated rings. The molecule has 1 aromatic carbocycles. The zero-order valence-electron chi connectivity index (χ0n) is 12.6. The Hall–Kier alpha value is -1.93. The van der Waals surface area contributed by atoms with Crippen LogP contribution in [0.5, 0.6) is 0 Å². The Morgan fingerprint density at radius 1 is 1.35 bits per heavy atom. The highest BCUT2D eigenvalue weighted by Crippen LogP contribution is 2.25. The van der Waals surface area contributed by atoms with E-state index in [9.17, 15) is 17.6 Å². The topological polar surface area (TPSA) is 91.1 Å². The van der Waals surface area contributed by atoms with Crippen molar-refractivity contribution in [2.75, 3.05) is 19.3 Å². The van der Waals surface area contributed by atoms with Gasteiger partial charge in [-0.3, -0.25) is 4.79 Å². The molecular weight excluding hydrogens is 321 g/mol. The number of hydrogen-bond donors (Lipinski definition) is 3. The first-order chi connectivity index (χ1) is 10.8. The van der Waals surface area contributed by atoms with Gasteiger partial charge < -0.3 is 15.6 Å². The van der Waals surface area contributed by atoms with Crippen molar-refractivity contribution in [3.05, 3.63) is 29.7 Å². The van der Waals surface area contributed by atoms with Crippen molar-refractivity contribution in [2.24, 2.45) is 0 Å². The SMILES string of the molecule is CS(=O)(=O)c1cc(F)cc2cc(C(=O)NC3CCCNC3)[nH]c12. The van der Waals surface area contributed by atoms with Gasteiger partial charge in [0.2, 0.25) is 0 Å². The highest BCUT2D eigenvalue weighted by molar-refractivity contribution is 7.91. The second-order valence-corrected chi connectivity index (χ2v) is 7.82. The smallest absolute Gasteiger partial charge is 0.267 e. The number of aromatic nitrogens is 1. The van der Waals surface area contributed by atoms with Crippen LogP contribution < -0.4 is 10.6 Å². The lowest BCUT2D eigenvalue weighted by Crippen LogP contribution is -2.45. The number of piperidine rings is 1. The summed E-state index contributed by atoms with van der Waals surface area (Å²) in [4.78, 5) is 15.0. The highest BCUT2D eigenvalue weighted by Gasteiger charge is 2.20. The van der Waals surface area contributed by atoms with Gasteiger partial charge in [-0.2, -0.15) is 0 Å². The van der Waals surface area contributed by atoms with Gasteiger partial charge in [0.15, 0.2) is 9.84 Å². The number of H-pyrrole nitrogens is 1. The summed E-state index contributed by atoms with van der Waals surface area (Å²) < 4.78 is 37.2. The molecule has 23 heavy (non-hydrogen) atoms. The van der Waals surface area contributed by atoms with Crippen molar-refractivity contribution < 1.29 is 17.6 Å². The van der Waals surface area contributed by atoms with Crippen LogP contribution in [-0.2, 0) is 9.84 Å². The minimum Gasteiger partial charge on any atom is -0.349 e. The molecule has 1 unspecified atom stereocenters. The van der Waals surface area contributed by atoms with Crippen molar-refractivity contribution in [1.29, 1.82) is 0 Å². The van der Waals surface area contributed by atoms with E-state index >= 15 is 0 Å². The monoisotopic (exact) mass is 339 g/mol. The lowest BCUT2D eigenvalue weighted by atomic mass is 10.1. The number of benzene rings is 1. The molecule has 0 saturated carbocycles. The van der Waals surface area contributed by atoms with Crippen LogP contribution in [0, 0.1) is 5.82 Å². The summed E-state index contributed by atoms with van der Waals surface area (Å²) in [6.07, 6.45) is 2.89. The third kappa shape index (κ3) is 3.37. The number of halogens is 1. The number of sulfone groups is 1. The van der Waals surface area contributed by atoms with Gasteiger partial charge in [-0.15, -0.1) is 0 Å². The molecule has 3 rings (SSSR count). The number of carbonyl (C=O) groups excluding carboxylic acids is 1. The van der Waals surface area contributed by atoms with Gasteiger partial charge in [0.05, 0.1) is 10.4 Å². The highest BCUT2D eigenvalue weighted by atomic mass is 32.2. The molecule has 1 aromatic heterocycles. The summed E-state index contributed by atoms with van der Waals surface area (Å²) in [7, 11) is -3.60. The van der Waals surface area contributed by atoms with Crippen LogP contribution in [0.15, 0.2) is 23.1 Å². The maximum absolute atomic E-state index is 13.6. The molecule has 0 bridgehead atoms. The first-order valence-corrected chi connectivity index (χ1v) is 9.27. The molecule has 1 saturated heterocycles. The van der Waals surface area contributed by atoms with E-state index in [1.54, 1.807) is 0 Å². The van der Waals surface area contributed by atoms with Crippen LogP contribution in [0.3, 0.4) is 0 Å². The minimum absolute atomic E-state index is 0.0359. The third-order valence-electron chi connectivity index (χ3n) is 3.93.